The molecule has 4 heteroatoms. The van der Waals surface area contributed by atoms with Crippen LogP contribution in [0.5, 0.6) is 0 Å². The molecule has 0 aliphatic carbocycles. The SMILES string of the molecule is Cc1cccc([C@H]2CC[C@@H]3C[C@](C)(C(C)(F)F)C(=O)N32)c1. The van der Waals surface area contributed by atoms with Crippen LogP contribution in [0.25, 0.3) is 0 Å². The van der Waals surface area contributed by atoms with Crippen molar-refractivity contribution in [2.75, 3.05) is 0 Å². The molecule has 0 spiro atoms. The number of nitrogens with zero attached hydrogens (tertiary/aromatic N) is 1. The van der Waals surface area contributed by atoms with Crippen molar-refractivity contribution in [1.29, 1.82) is 0 Å². The van der Waals surface area contributed by atoms with Gasteiger partial charge in [0.25, 0.3) is 5.92 Å². The summed E-state index contributed by atoms with van der Waals surface area (Å²) in [7, 11) is 0. The average molecular weight is 293 g/mol. The Morgan fingerprint density at radius 1 is 1.33 bits per heavy atom. The molecule has 2 fully saturated rings. The molecule has 3 rings (SSSR count). The van der Waals surface area contributed by atoms with E-state index >= 15 is 0 Å². The summed E-state index contributed by atoms with van der Waals surface area (Å²) in [6.07, 6.45) is 1.94. The summed E-state index contributed by atoms with van der Waals surface area (Å²) in [6.45, 7) is 4.29. The molecule has 1 aromatic carbocycles. The summed E-state index contributed by atoms with van der Waals surface area (Å²) in [5.41, 5.74) is 0.640. The maximum atomic E-state index is 13.9. The summed E-state index contributed by atoms with van der Waals surface area (Å²) in [5, 5.41) is 0. The molecule has 0 unspecified atom stereocenters. The normalized spacial score (nSPS) is 32.6. The fourth-order valence-corrected chi connectivity index (χ4v) is 3.81. The Bertz CT molecular complexity index is 580. The molecule has 1 aromatic rings. The third-order valence-electron chi connectivity index (χ3n) is 5.25. The van der Waals surface area contributed by atoms with E-state index in [4.69, 9.17) is 0 Å². The van der Waals surface area contributed by atoms with Crippen LogP contribution in [0.4, 0.5) is 8.78 Å². The first-order chi connectivity index (χ1) is 9.74. The van der Waals surface area contributed by atoms with E-state index in [1.165, 1.54) is 6.92 Å². The second-order valence-electron chi connectivity index (χ2n) is 6.80. The van der Waals surface area contributed by atoms with Crippen LogP contribution in [-0.2, 0) is 4.79 Å². The van der Waals surface area contributed by atoms with Gasteiger partial charge in [-0.2, -0.15) is 0 Å². The zero-order valence-corrected chi connectivity index (χ0v) is 12.7. The predicted octanol–water partition coefficient (Wildman–Crippen LogP) is 4.09. The van der Waals surface area contributed by atoms with Crippen molar-refractivity contribution in [1.82, 2.24) is 4.90 Å². The Balaban J connectivity index is 1.95. The van der Waals surface area contributed by atoms with Crippen LogP contribution in [0.15, 0.2) is 24.3 Å². The number of rotatable bonds is 2. The summed E-state index contributed by atoms with van der Waals surface area (Å²) in [4.78, 5) is 14.4. The van der Waals surface area contributed by atoms with Gasteiger partial charge in [0.05, 0.1) is 6.04 Å². The molecule has 0 bridgehead atoms. The number of aryl methyl sites for hydroxylation is 1. The minimum absolute atomic E-state index is 0.0427. The van der Waals surface area contributed by atoms with Gasteiger partial charge in [-0.25, -0.2) is 8.78 Å². The monoisotopic (exact) mass is 293 g/mol. The number of amides is 1. The second-order valence-corrected chi connectivity index (χ2v) is 6.80. The van der Waals surface area contributed by atoms with E-state index in [0.717, 1.165) is 30.9 Å². The standard InChI is InChI=1S/C17H21F2NO/c1-11-5-4-6-12(9-11)14-8-7-13-10-16(2,17(3,18)19)15(21)20(13)14/h4-6,9,13-14H,7-8,10H2,1-3H3/t13-,14-,16+/m1/s1. The molecule has 114 valence electrons. The molecule has 2 nitrogen and oxygen atoms in total. The largest absolute Gasteiger partial charge is 0.332 e. The Hall–Kier alpha value is -1.45. The molecule has 2 saturated heterocycles. The van der Waals surface area contributed by atoms with Crippen molar-refractivity contribution in [3.05, 3.63) is 35.4 Å². The molecule has 0 aromatic heterocycles. The number of fused-ring (bicyclic) bond motifs is 1. The predicted molar refractivity (Wildman–Crippen MR) is 77.1 cm³/mol. The van der Waals surface area contributed by atoms with Crippen molar-refractivity contribution < 1.29 is 13.6 Å². The molecule has 1 amide bonds. The first kappa shape index (κ1) is 14.5. The summed E-state index contributed by atoms with van der Waals surface area (Å²) < 4.78 is 27.8. The minimum Gasteiger partial charge on any atom is -0.332 e. The molecular weight excluding hydrogens is 272 g/mol. The highest BCUT2D eigenvalue weighted by Crippen LogP contribution is 2.54. The Morgan fingerprint density at radius 3 is 2.67 bits per heavy atom. The number of carbonyl (C=O) groups excluding carboxylic acids is 1. The lowest BCUT2D eigenvalue weighted by atomic mass is 9.80. The first-order valence-electron chi connectivity index (χ1n) is 7.51. The van der Waals surface area contributed by atoms with Gasteiger partial charge < -0.3 is 4.90 Å². The van der Waals surface area contributed by atoms with Gasteiger partial charge in [-0.15, -0.1) is 0 Å². The lowest BCUT2D eigenvalue weighted by molar-refractivity contribution is -0.156. The van der Waals surface area contributed by atoms with Crippen LogP contribution in [0.2, 0.25) is 0 Å². The zero-order chi connectivity index (χ0) is 15.4. The Morgan fingerprint density at radius 2 is 2.05 bits per heavy atom. The van der Waals surface area contributed by atoms with Gasteiger partial charge in [0.1, 0.15) is 5.41 Å². The quantitative estimate of drug-likeness (QED) is 0.804. The molecule has 0 N–H and O–H groups in total. The van der Waals surface area contributed by atoms with Gasteiger partial charge in [-0.1, -0.05) is 29.8 Å². The summed E-state index contributed by atoms with van der Waals surface area (Å²) >= 11 is 0. The average Bonchev–Trinajstić information content (AvgIpc) is 2.89. The number of carbonyl (C=O) groups is 1. The highest BCUT2D eigenvalue weighted by atomic mass is 19.3. The lowest BCUT2D eigenvalue weighted by Gasteiger charge is -2.31. The molecule has 21 heavy (non-hydrogen) atoms. The fraction of sp³-hybridized carbons (Fsp3) is 0.588. The maximum absolute atomic E-state index is 13.9. The van der Waals surface area contributed by atoms with E-state index in [1.807, 2.05) is 25.1 Å². The minimum atomic E-state index is -2.98. The van der Waals surface area contributed by atoms with Crippen molar-refractivity contribution in [2.45, 2.75) is 58.0 Å². The van der Waals surface area contributed by atoms with E-state index < -0.39 is 11.3 Å². The van der Waals surface area contributed by atoms with Gasteiger partial charge in [-0.3, -0.25) is 4.79 Å². The Labute approximate surface area is 124 Å². The number of benzene rings is 1. The zero-order valence-electron chi connectivity index (χ0n) is 12.7. The Kier molecular flexibility index (Phi) is 3.12. The maximum Gasteiger partial charge on any atom is 0.259 e. The van der Waals surface area contributed by atoms with Crippen LogP contribution in [0.3, 0.4) is 0 Å². The van der Waals surface area contributed by atoms with Crippen molar-refractivity contribution in [3.63, 3.8) is 0 Å². The van der Waals surface area contributed by atoms with Crippen molar-refractivity contribution in [2.24, 2.45) is 5.41 Å². The van der Waals surface area contributed by atoms with E-state index in [9.17, 15) is 13.6 Å². The van der Waals surface area contributed by atoms with Crippen LogP contribution in [0, 0.1) is 12.3 Å². The molecule has 0 saturated carbocycles. The van der Waals surface area contributed by atoms with E-state index in [1.54, 1.807) is 4.90 Å². The number of alkyl halides is 2. The molecule has 2 aliphatic heterocycles. The van der Waals surface area contributed by atoms with E-state index in [2.05, 4.69) is 6.07 Å². The smallest absolute Gasteiger partial charge is 0.259 e. The van der Waals surface area contributed by atoms with Gasteiger partial charge in [0.15, 0.2) is 0 Å². The number of hydrogen-bond donors (Lipinski definition) is 0. The summed E-state index contributed by atoms with van der Waals surface area (Å²) in [6, 6.07) is 7.93. The van der Waals surface area contributed by atoms with Crippen LogP contribution in [0.1, 0.15) is 50.3 Å². The molecule has 2 aliphatic rings. The highest BCUT2D eigenvalue weighted by Gasteiger charge is 2.62. The number of halogens is 2. The third-order valence-corrected chi connectivity index (χ3v) is 5.25. The van der Waals surface area contributed by atoms with E-state index in [0.29, 0.717) is 0 Å². The van der Waals surface area contributed by atoms with Crippen molar-refractivity contribution >= 4 is 5.91 Å². The van der Waals surface area contributed by atoms with Crippen LogP contribution in [-0.4, -0.2) is 22.8 Å². The molecule has 3 atom stereocenters. The second kappa shape index (κ2) is 4.52. The molecular formula is C17H21F2NO. The topological polar surface area (TPSA) is 20.3 Å². The lowest BCUT2D eigenvalue weighted by Crippen LogP contribution is -2.44. The van der Waals surface area contributed by atoms with Crippen molar-refractivity contribution in [3.8, 4) is 0 Å². The van der Waals surface area contributed by atoms with Crippen LogP contribution < -0.4 is 0 Å². The highest BCUT2D eigenvalue weighted by molar-refractivity contribution is 5.87. The third kappa shape index (κ3) is 2.07. The van der Waals surface area contributed by atoms with E-state index in [-0.39, 0.29) is 24.4 Å². The van der Waals surface area contributed by atoms with Gasteiger partial charge in [0.2, 0.25) is 5.91 Å². The molecule has 2 heterocycles. The van der Waals surface area contributed by atoms with Gasteiger partial charge in [0, 0.05) is 13.0 Å². The molecule has 0 radical (unpaired) electrons. The van der Waals surface area contributed by atoms with Gasteiger partial charge >= 0.3 is 0 Å². The fourth-order valence-electron chi connectivity index (χ4n) is 3.81. The summed E-state index contributed by atoms with van der Waals surface area (Å²) in [5.74, 6) is -3.37. The number of hydrogen-bond acceptors (Lipinski definition) is 1. The van der Waals surface area contributed by atoms with Crippen LogP contribution >= 0.6 is 0 Å². The van der Waals surface area contributed by atoms with Gasteiger partial charge in [-0.05, 0) is 38.7 Å². The first-order valence-corrected chi connectivity index (χ1v) is 7.51.